The third-order valence-electron chi connectivity index (χ3n) is 2.86. The molecule has 1 aromatic carbocycles. The normalized spacial score (nSPS) is 21.7. The summed E-state index contributed by atoms with van der Waals surface area (Å²) in [6.07, 6.45) is -3.91. The van der Waals surface area contributed by atoms with Crippen molar-refractivity contribution in [1.29, 1.82) is 0 Å². The molecule has 1 aliphatic rings. The number of carbonyl (C=O) groups excluding carboxylic acids is 1. The summed E-state index contributed by atoms with van der Waals surface area (Å²) in [5.41, 5.74) is 0.319. The molecule has 0 spiro atoms. The lowest BCUT2D eigenvalue weighted by Gasteiger charge is -2.36. The Balaban J connectivity index is 2.35. The number of alkyl halides is 3. The van der Waals surface area contributed by atoms with Gasteiger partial charge in [0.2, 0.25) is 5.91 Å². The minimum absolute atomic E-state index is 0.0237. The Morgan fingerprint density at radius 1 is 1.18 bits per heavy atom. The van der Waals surface area contributed by atoms with Gasteiger partial charge < -0.3 is 4.90 Å². The van der Waals surface area contributed by atoms with Crippen molar-refractivity contribution in [1.82, 2.24) is 0 Å². The van der Waals surface area contributed by atoms with Crippen molar-refractivity contribution in [2.45, 2.75) is 31.5 Å². The number of amides is 1. The van der Waals surface area contributed by atoms with E-state index in [4.69, 9.17) is 0 Å². The Hall–Kier alpha value is -1.52. The molecule has 0 saturated carbocycles. The Kier molecular flexibility index (Phi) is 3.09. The second kappa shape index (κ2) is 4.39. The quantitative estimate of drug-likeness (QED) is 0.742. The van der Waals surface area contributed by atoms with Gasteiger partial charge in [0.05, 0.1) is 0 Å². The topological polar surface area (TPSA) is 20.3 Å². The van der Waals surface area contributed by atoms with E-state index in [0.29, 0.717) is 12.1 Å². The Bertz CT molecular complexity index is 402. The van der Waals surface area contributed by atoms with E-state index in [-0.39, 0.29) is 12.8 Å². The molecule has 1 unspecified atom stereocenters. The van der Waals surface area contributed by atoms with Gasteiger partial charge in [-0.2, -0.15) is 13.2 Å². The predicted octanol–water partition coefficient (Wildman–Crippen LogP) is 3.13. The number of piperidine rings is 1. The van der Waals surface area contributed by atoms with E-state index in [0.717, 1.165) is 4.90 Å². The highest BCUT2D eigenvalue weighted by atomic mass is 19.4. The molecule has 2 nitrogen and oxygen atoms in total. The van der Waals surface area contributed by atoms with Crippen molar-refractivity contribution in [2.24, 2.45) is 0 Å². The fourth-order valence-corrected chi connectivity index (χ4v) is 2.09. The molecule has 1 aromatic rings. The molecule has 1 heterocycles. The number of hydrogen-bond donors (Lipinski definition) is 0. The van der Waals surface area contributed by atoms with E-state index in [1.165, 1.54) is 12.1 Å². The van der Waals surface area contributed by atoms with E-state index in [9.17, 15) is 18.0 Å². The SMILES string of the molecule is O=C1CCCC(C(F)(F)F)N1c1ccccc1. The molecule has 2 rings (SSSR count). The van der Waals surface area contributed by atoms with Gasteiger partial charge in [-0.15, -0.1) is 0 Å². The largest absolute Gasteiger partial charge is 0.409 e. The maximum absolute atomic E-state index is 12.9. The molecule has 1 fully saturated rings. The van der Waals surface area contributed by atoms with Gasteiger partial charge in [0, 0.05) is 12.1 Å². The van der Waals surface area contributed by atoms with Crippen LogP contribution in [0.1, 0.15) is 19.3 Å². The molecule has 17 heavy (non-hydrogen) atoms. The van der Waals surface area contributed by atoms with Crippen LogP contribution in [0.2, 0.25) is 0 Å². The van der Waals surface area contributed by atoms with Gasteiger partial charge in [-0.05, 0) is 25.0 Å². The first-order valence-corrected chi connectivity index (χ1v) is 5.44. The highest BCUT2D eigenvalue weighted by Crippen LogP contribution is 2.35. The number of hydrogen-bond acceptors (Lipinski definition) is 1. The lowest BCUT2D eigenvalue weighted by atomic mass is 10.00. The summed E-state index contributed by atoms with van der Waals surface area (Å²) in [5, 5.41) is 0. The minimum atomic E-state index is -4.37. The molecule has 0 radical (unpaired) electrons. The average molecular weight is 243 g/mol. The molecule has 1 atom stereocenters. The first kappa shape index (κ1) is 12.0. The van der Waals surface area contributed by atoms with Crippen molar-refractivity contribution in [3.63, 3.8) is 0 Å². The summed E-state index contributed by atoms with van der Waals surface area (Å²) in [5.74, 6) is -0.454. The molecular formula is C12H12F3NO. The van der Waals surface area contributed by atoms with Crippen molar-refractivity contribution >= 4 is 11.6 Å². The lowest BCUT2D eigenvalue weighted by Crippen LogP contribution is -2.51. The third-order valence-corrected chi connectivity index (χ3v) is 2.86. The van der Waals surface area contributed by atoms with Crippen molar-refractivity contribution in [3.05, 3.63) is 30.3 Å². The first-order chi connectivity index (χ1) is 8.00. The van der Waals surface area contributed by atoms with Crippen LogP contribution in [0.25, 0.3) is 0 Å². The van der Waals surface area contributed by atoms with E-state index < -0.39 is 18.1 Å². The summed E-state index contributed by atoms with van der Waals surface area (Å²) < 4.78 is 38.6. The third kappa shape index (κ3) is 2.43. The van der Waals surface area contributed by atoms with Gasteiger partial charge in [0.15, 0.2) is 0 Å². The molecule has 5 heteroatoms. The van der Waals surface area contributed by atoms with E-state index in [1.54, 1.807) is 18.2 Å². The predicted molar refractivity (Wildman–Crippen MR) is 57.6 cm³/mol. The highest BCUT2D eigenvalue weighted by molar-refractivity contribution is 5.94. The minimum Gasteiger partial charge on any atom is -0.300 e. The van der Waals surface area contributed by atoms with Crippen LogP contribution in [0.3, 0.4) is 0 Å². The number of nitrogens with zero attached hydrogens (tertiary/aromatic N) is 1. The van der Waals surface area contributed by atoms with Gasteiger partial charge in [-0.3, -0.25) is 4.79 Å². The zero-order valence-corrected chi connectivity index (χ0v) is 9.07. The number of benzene rings is 1. The van der Waals surface area contributed by atoms with Gasteiger partial charge in [-0.25, -0.2) is 0 Å². The number of carbonyl (C=O) groups is 1. The standard InChI is InChI=1S/C12H12F3NO/c13-12(14,15)10-7-4-8-11(17)16(10)9-5-2-1-3-6-9/h1-3,5-6,10H,4,7-8H2. The van der Waals surface area contributed by atoms with Crippen molar-refractivity contribution < 1.29 is 18.0 Å². The Morgan fingerprint density at radius 2 is 1.82 bits per heavy atom. The Labute approximate surface area is 97.0 Å². The summed E-state index contributed by atoms with van der Waals surface area (Å²) in [6, 6.07) is 6.34. The molecule has 92 valence electrons. The van der Waals surface area contributed by atoms with Crippen LogP contribution >= 0.6 is 0 Å². The average Bonchev–Trinajstić information content (AvgIpc) is 2.28. The van der Waals surface area contributed by atoms with Crippen LogP contribution in [-0.4, -0.2) is 18.1 Å². The summed E-state index contributed by atoms with van der Waals surface area (Å²) in [4.78, 5) is 12.6. The van der Waals surface area contributed by atoms with Gasteiger partial charge in [-0.1, -0.05) is 18.2 Å². The number of para-hydroxylation sites is 1. The molecule has 1 aliphatic heterocycles. The second-order valence-corrected chi connectivity index (χ2v) is 4.05. The van der Waals surface area contributed by atoms with Crippen molar-refractivity contribution in [3.8, 4) is 0 Å². The molecular weight excluding hydrogens is 231 g/mol. The van der Waals surface area contributed by atoms with Gasteiger partial charge in [0.25, 0.3) is 0 Å². The van der Waals surface area contributed by atoms with Crippen molar-refractivity contribution in [2.75, 3.05) is 4.90 Å². The molecule has 1 amide bonds. The summed E-state index contributed by atoms with van der Waals surface area (Å²) in [6.45, 7) is 0. The smallest absolute Gasteiger partial charge is 0.300 e. The maximum Gasteiger partial charge on any atom is 0.409 e. The van der Waals surface area contributed by atoms with Crippen LogP contribution in [0.15, 0.2) is 30.3 Å². The summed E-state index contributed by atoms with van der Waals surface area (Å²) >= 11 is 0. The molecule has 1 saturated heterocycles. The van der Waals surface area contributed by atoms with Crippen LogP contribution in [-0.2, 0) is 4.79 Å². The van der Waals surface area contributed by atoms with Crippen LogP contribution < -0.4 is 4.90 Å². The fraction of sp³-hybridized carbons (Fsp3) is 0.417. The molecule has 0 aliphatic carbocycles. The number of anilines is 1. The number of halogens is 3. The summed E-state index contributed by atoms with van der Waals surface area (Å²) in [7, 11) is 0. The van der Waals surface area contributed by atoms with Crippen LogP contribution in [0.5, 0.6) is 0 Å². The second-order valence-electron chi connectivity index (χ2n) is 4.05. The Morgan fingerprint density at radius 3 is 2.41 bits per heavy atom. The van der Waals surface area contributed by atoms with Gasteiger partial charge >= 0.3 is 6.18 Å². The van der Waals surface area contributed by atoms with E-state index >= 15 is 0 Å². The van der Waals surface area contributed by atoms with Gasteiger partial charge in [0.1, 0.15) is 6.04 Å². The van der Waals surface area contributed by atoms with Crippen LogP contribution in [0.4, 0.5) is 18.9 Å². The molecule has 0 aromatic heterocycles. The van der Waals surface area contributed by atoms with E-state index in [2.05, 4.69) is 0 Å². The monoisotopic (exact) mass is 243 g/mol. The fourth-order valence-electron chi connectivity index (χ4n) is 2.09. The zero-order valence-electron chi connectivity index (χ0n) is 9.07. The maximum atomic E-state index is 12.9. The number of rotatable bonds is 1. The van der Waals surface area contributed by atoms with Crippen LogP contribution in [0, 0.1) is 0 Å². The zero-order chi connectivity index (χ0) is 12.5. The highest BCUT2D eigenvalue weighted by Gasteiger charge is 2.47. The molecule has 0 N–H and O–H groups in total. The van der Waals surface area contributed by atoms with E-state index in [1.807, 2.05) is 0 Å². The first-order valence-electron chi connectivity index (χ1n) is 5.44. The lowest BCUT2D eigenvalue weighted by molar-refractivity contribution is -0.158. The molecule has 0 bridgehead atoms.